The molecule has 0 radical (unpaired) electrons. The summed E-state index contributed by atoms with van der Waals surface area (Å²) < 4.78 is 0. The van der Waals surface area contributed by atoms with Crippen LogP contribution in [0.15, 0.2) is 0 Å². The first-order valence-corrected chi connectivity index (χ1v) is 4.92. The summed E-state index contributed by atoms with van der Waals surface area (Å²) >= 11 is 0. The highest BCUT2D eigenvalue weighted by Crippen LogP contribution is 2.18. The SMILES string of the molecule is CCCCC(O)C(C)C(C)CO. The summed E-state index contributed by atoms with van der Waals surface area (Å²) in [5.74, 6) is 0.415. The fraction of sp³-hybridized carbons (Fsp3) is 1.00. The summed E-state index contributed by atoms with van der Waals surface area (Å²) in [5, 5.41) is 18.5. The molecule has 12 heavy (non-hydrogen) atoms. The monoisotopic (exact) mass is 174 g/mol. The lowest BCUT2D eigenvalue weighted by Gasteiger charge is -2.23. The molecule has 0 rings (SSSR count). The lowest BCUT2D eigenvalue weighted by Crippen LogP contribution is -2.25. The van der Waals surface area contributed by atoms with Crippen LogP contribution < -0.4 is 0 Å². The van der Waals surface area contributed by atoms with E-state index in [1.165, 1.54) is 0 Å². The third-order valence-corrected chi connectivity index (χ3v) is 2.65. The average Bonchev–Trinajstić information content (AvgIpc) is 2.11. The number of aliphatic hydroxyl groups excluding tert-OH is 2. The summed E-state index contributed by atoms with van der Waals surface area (Å²) in [6.07, 6.45) is 2.82. The molecule has 2 N–H and O–H groups in total. The van der Waals surface area contributed by atoms with E-state index in [2.05, 4.69) is 6.92 Å². The molecule has 0 saturated heterocycles. The zero-order chi connectivity index (χ0) is 9.56. The van der Waals surface area contributed by atoms with Gasteiger partial charge in [-0.2, -0.15) is 0 Å². The molecule has 0 aliphatic rings. The molecular weight excluding hydrogens is 152 g/mol. The van der Waals surface area contributed by atoms with E-state index in [4.69, 9.17) is 5.11 Å². The van der Waals surface area contributed by atoms with Gasteiger partial charge in [-0.25, -0.2) is 0 Å². The molecule has 0 heterocycles. The van der Waals surface area contributed by atoms with Crippen molar-refractivity contribution in [2.24, 2.45) is 11.8 Å². The van der Waals surface area contributed by atoms with Crippen molar-refractivity contribution in [2.75, 3.05) is 6.61 Å². The van der Waals surface area contributed by atoms with Crippen molar-refractivity contribution in [3.63, 3.8) is 0 Å². The van der Waals surface area contributed by atoms with E-state index in [0.29, 0.717) is 0 Å². The summed E-state index contributed by atoms with van der Waals surface area (Å²) in [7, 11) is 0. The van der Waals surface area contributed by atoms with Gasteiger partial charge in [0.25, 0.3) is 0 Å². The highest BCUT2D eigenvalue weighted by Gasteiger charge is 2.19. The largest absolute Gasteiger partial charge is 0.396 e. The molecule has 74 valence electrons. The number of hydrogen-bond acceptors (Lipinski definition) is 2. The number of hydrogen-bond donors (Lipinski definition) is 2. The van der Waals surface area contributed by atoms with Crippen molar-refractivity contribution in [1.29, 1.82) is 0 Å². The highest BCUT2D eigenvalue weighted by molar-refractivity contribution is 4.69. The van der Waals surface area contributed by atoms with Crippen LogP contribution in [0, 0.1) is 11.8 Å². The van der Waals surface area contributed by atoms with E-state index in [1.54, 1.807) is 0 Å². The predicted octanol–water partition coefficient (Wildman–Crippen LogP) is 1.80. The minimum absolute atomic E-state index is 0.171. The van der Waals surface area contributed by atoms with Gasteiger partial charge >= 0.3 is 0 Å². The predicted molar refractivity (Wildman–Crippen MR) is 50.9 cm³/mol. The Morgan fingerprint density at radius 3 is 2.25 bits per heavy atom. The van der Waals surface area contributed by atoms with Gasteiger partial charge in [0.1, 0.15) is 0 Å². The van der Waals surface area contributed by atoms with E-state index in [9.17, 15) is 5.11 Å². The first kappa shape index (κ1) is 11.9. The molecule has 0 fully saturated rings. The first-order valence-electron chi connectivity index (χ1n) is 4.92. The van der Waals surface area contributed by atoms with Crippen molar-refractivity contribution in [3.8, 4) is 0 Å². The van der Waals surface area contributed by atoms with Crippen molar-refractivity contribution >= 4 is 0 Å². The molecule has 0 aliphatic carbocycles. The highest BCUT2D eigenvalue weighted by atomic mass is 16.3. The van der Waals surface area contributed by atoms with Gasteiger partial charge in [0.15, 0.2) is 0 Å². The van der Waals surface area contributed by atoms with Crippen LogP contribution in [0.5, 0.6) is 0 Å². The molecule has 0 amide bonds. The first-order chi connectivity index (χ1) is 5.63. The van der Waals surface area contributed by atoms with Crippen molar-refractivity contribution in [2.45, 2.75) is 46.1 Å². The number of rotatable bonds is 6. The smallest absolute Gasteiger partial charge is 0.0569 e. The second-order valence-electron chi connectivity index (χ2n) is 3.73. The van der Waals surface area contributed by atoms with E-state index in [-0.39, 0.29) is 24.5 Å². The van der Waals surface area contributed by atoms with E-state index in [0.717, 1.165) is 19.3 Å². The summed E-state index contributed by atoms with van der Waals surface area (Å²) in [5.41, 5.74) is 0. The normalized spacial score (nSPS) is 18.8. The molecule has 0 aromatic heterocycles. The molecule has 3 atom stereocenters. The number of unbranched alkanes of at least 4 members (excludes halogenated alkanes) is 1. The molecule has 0 spiro atoms. The maximum Gasteiger partial charge on any atom is 0.0569 e. The summed E-state index contributed by atoms with van der Waals surface area (Å²) in [6.45, 7) is 6.26. The average molecular weight is 174 g/mol. The third kappa shape index (κ3) is 4.07. The van der Waals surface area contributed by atoms with Gasteiger partial charge in [0.2, 0.25) is 0 Å². The topological polar surface area (TPSA) is 40.5 Å². The minimum atomic E-state index is -0.243. The van der Waals surface area contributed by atoms with E-state index < -0.39 is 0 Å². The van der Waals surface area contributed by atoms with Gasteiger partial charge in [-0.15, -0.1) is 0 Å². The molecule has 2 nitrogen and oxygen atoms in total. The molecular formula is C10H22O2. The van der Waals surface area contributed by atoms with Crippen LogP contribution in [0.2, 0.25) is 0 Å². The Hall–Kier alpha value is -0.0800. The van der Waals surface area contributed by atoms with Crippen LogP contribution in [-0.4, -0.2) is 22.9 Å². The molecule has 2 heteroatoms. The quantitative estimate of drug-likeness (QED) is 0.644. The number of aliphatic hydroxyl groups is 2. The Labute approximate surface area is 75.6 Å². The third-order valence-electron chi connectivity index (χ3n) is 2.65. The molecule has 0 bridgehead atoms. The van der Waals surface area contributed by atoms with Crippen LogP contribution in [0.3, 0.4) is 0 Å². The van der Waals surface area contributed by atoms with Crippen LogP contribution in [0.4, 0.5) is 0 Å². The van der Waals surface area contributed by atoms with Crippen LogP contribution in [-0.2, 0) is 0 Å². The fourth-order valence-electron chi connectivity index (χ4n) is 1.22. The van der Waals surface area contributed by atoms with Gasteiger partial charge in [-0.05, 0) is 18.3 Å². The zero-order valence-electron chi connectivity index (χ0n) is 8.45. The van der Waals surface area contributed by atoms with Gasteiger partial charge in [0, 0.05) is 6.61 Å². The maximum atomic E-state index is 9.64. The molecule has 3 unspecified atom stereocenters. The second kappa shape index (κ2) is 6.44. The van der Waals surface area contributed by atoms with Crippen molar-refractivity contribution in [1.82, 2.24) is 0 Å². The van der Waals surface area contributed by atoms with E-state index >= 15 is 0 Å². The van der Waals surface area contributed by atoms with Gasteiger partial charge < -0.3 is 10.2 Å². The zero-order valence-corrected chi connectivity index (χ0v) is 8.45. The van der Waals surface area contributed by atoms with Crippen LogP contribution in [0.25, 0.3) is 0 Å². The van der Waals surface area contributed by atoms with E-state index in [1.807, 2.05) is 13.8 Å². The lowest BCUT2D eigenvalue weighted by molar-refractivity contribution is 0.0570. The Bertz CT molecular complexity index is 104. The fourth-order valence-corrected chi connectivity index (χ4v) is 1.22. The van der Waals surface area contributed by atoms with Crippen molar-refractivity contribution in [3.05, 3.63) is 0 Å². The Morgan fingerprint density at radius 2 is 1.83 bits per heavy atom. The Balaban J connectivity index is 3.67. The van der Waals surface area contributed by atoms with Crippen molar-refractivity contribution < 1.29 is 10.2 Å². The van der Waals surface area contributed by atoms with Crippen LogP contribution >= 0.6 is 0 Å². The Morgan fingerprint density at radius 1 is 1.25 bits per heavy atom. The standard InChI is InChI=1S/C10H22O2/c1-4-5-6-10(12)9(3)8(2)7-11/h8-12H,4-7H2,1-3H3. The maximum absolute atomic E-state index is 9.64. The summed E-state index contributed by atoms with van der Waals surface area (Å²) in [6, 6.07) is 0. The molecule has 0 aromatic rings. The Kier molecular flexibility index (Phi) is 6.39. The molecule has 0 saturated carbocycles. The van der Waals surface area contributed by atoms with Crippen LogP contribution in [0.1, 0.15) is 40.0 Å². The molecule has 0 aromatic carbocycles. The second-order valence-corrected chi connectivity index (χ2v) is 3.73. The summed E-state index contributed by atoms with van der Waals surface area (Å²) in [4.78, 5) is 0. The van der Waals surface area contributed by atoms with Gasteiger partial charge in [-0.3, -0.25) is 0 Å². The minimum Gasteiger partial charge on any atom is -0.396 e. The molecule has 0 aliphatic heterocycles. The van der Waals surface area contributed by atoms with Gasteiger partial charge in [0.05, 0.1) is 6.10 Å². The van der Waals surface area contributed by atoms with Gasteiger partial charge in [-0.1, -0.05) is 33.6 Å². The lowest BCUT2D eigenvalue weighted by atomic mass is 9.89.